The van der Waals surface area contributed by atoms with E-state index < -0.39 is 0 Å². The van der Waals surface area contributed by atoms with Gasteiger partial charge in [-0.3, -0.25) is 0 Å². The molecule has 0 fully saturated rings. The van der Waals surface area contributed by atoms with Gasteiger partial charge in [-0.15, -0.1) is 24.8 Å². The SMILES string of the molecule is Cc1cc([CH]=[Ti])cs1.Cl.Cl.Oc1cccc2ccccc12.Oc1cccc2ccccc12. The maximum absolute atomic E-state index is 9.37. The Morgan fingerprint density at radius 1 is 0.688 bits per heavy atom. The molecule has 0 unspecified atom stereocenters. The van der Waals surface area contributed by atoms with E-state index in [2.05, 4.69) is 42.7 Å². The van der Waals surface area contributed by atoms with E-state index in [0.29, 0.717) is 11.5 Å². The van der Waals surface area contributed by atoms with Gasteiger partial charge in [-0.05, 0) is 22.9 Å². The third kappa shape index (κ3) is 7.77. The van der Waals surface area contributed by atoms with E-state index in [1.54, 1.807) is 23.5 Å². The summed E-state index contributed by atoms with van der Waals surface area (Å²) < 4.78 is 2.11. The Hall–Kier alpha value is -2.14. The summed E-state index contributed by atoms with van der Waals surface area (Å²) >= 11 is 3.85. The average Bonchev–Trinajstić information content (AvgIpc) is 3.21. The van der Waals surface area contributed by atoms with Crippen LogP contribution in [0.4, 0.5) is 0 Å². The zero-order chi connectivity index (χ0) is 21.3. The van der Waals surface area contributed by atoms with Crippen LogP contribution in [0.15, 0.2) is 96.4 Å². The number of thiophene rings is 1. The molecule has 2 N–H and O–H groups in total. The minimum atomic E-state index is 0. The molecule has 0 bridgehead atoms. The molecule has 1 heterocycles. The molecule has 0 atom stereocenters. The summed E-state index contributed by atoms with van der Waals surface area (Å²) in [4.78, 5) is 1.39. The van der Waals surface area contributed by atoms with Gasteiger partial charge in [0.2, 0.25) is 0 Å². The van der Waals surface area contributed by atoms with Crippen molar-refractivity contribution in [1.82, 2.24) is 0 Å². The predicted octanol–water partition coefficient (Wildman–Crippen LogP) is 7.69. The molecular formula is C26H24Cl2O2STi. The monoisotopic (exact) mass is 518 g/mol. The summed E-state index contributed by atoms with van der Waals surface area (Å²) in [6, 6.07) is 28.8. The summed E-state index contributed by atoms with van der Waals surface area (Å²) in [7, 11) is 0. The Morgan fingerprint density at radius 2 is 1.12 bits per heavy atom. The van der Waals surface area contributed by atoms with Gasteiger partial charge >= 0.3 is 64.4 Å². The van der Waals surface area contributed by atoms with Gasteiger partial charge in [0.1, 0.15) is 11.5 Å². The third-order valence-electron chi connectivity index (χ3n) is 4.45. The number of benzene rings is 4. The maximum Gasteiger partial charge on any atom is 0.123 e. The molecule has 164 valence electrons. The van der Waals surface area contributed by atoms with Crippen molar-refractivity contribution in [3.05, 3.63) is 107 Å². The number of phenols is 2. The van der Waals surface area contributed by atoms with Crippen LogP contribution in [0.2, 0.25) is 0 Å². The van der Waals surface area contributed by atoms with Crippen molar-refractivity contribution in [1.29, 1.82) is 0 Å². The third-order valence-corrected chi connectivity index (χ3v) is 5.85. The molecule has 0 aliphatic rings. The van der Waals surface area contributed by atoms with Gasteiger partial charge in [0, 0.05) is 10.8 Å². The first-order valence-corrected chi connectivity index (χ1v) is 11.3. The average molecular weight is 519 g/mol. The second-order valence-electron chi connectivity index (χ2n) is 6.63. The number of fused-ring (bicyclic) bond motifs is 2. The van der Waals surface area contributed by atoms with E-state index >= 15 is 0 Å². The first-order chi connectivity index (χ1) is 14.6. The Labute approximate surface area is 216 Å². The number of halogens is 2. The van der Waals surface area contributed by atoms with E-state index in [9.17, 15) is 10.2 Å². The molecule has 0 saturated carbocycles. The summed E-state index contributed by atoms with van der Waals surface area (Å²) in [5, 5.41) is 24.9. The van der Waals surface area contributed by atoms with E-state index in [-0.39, 0.29) is 24.8 Å². The van der Waals surface area contributed by atoms with Crippen LogP contribution in [0.25, 0.3) is 21.5 Å². The zero-order valence-corrected chi connectivity index (χ0v) is 21.4. The number of phenolic OH excluding ortho intramolecular Hbond substituents is 2. The number of aromatic hydroxyl groups is 2. The van der Waals surface area contributed by atoms with Crippen LogP contribution >= 0.6 is 36.2 Å². The van der Waals surface area contributed by atoms with Crippen molar-refractivity contribution in [2.75, 3.05) is 0 Å². The minimum Gasteiger partial charge on any atom is -0.507 e. The minimum absolute atomic E-state index is 0. The van der Waals surface area contributed by atoms with Crippen molar-refractivity contribution >= 4 is 62.0 Å². The molecular weight excluding hydrogens is 495 g/mol. The van der Waals surface area contributed by atoms with Crippen molar-refractivity contribution in [3.63, 3.8) is 0 Å². The fourth-order valence-electron chi connectivity index (χ4n) is 2.96. The zero-order valence-electron chi connectivity index (χ0n) is 17.4. The van der Waals surface area contributed by atoms with E-state index in [0.717, 1.165) is 21.5 Å². The first kappa shape index (κ1) is 27.9. The molecule has 5 aromatic rings. The van der Waals surface area contributed by atoms with Gasteiger partial charge in [-0.1, -0.05) is 72.8 Å². The Kier molecular flexibility index (Phi) is 12.3. The van der Waals surface area contributed by atoms with Gasteiger partial charge in [0.05, 0.1) is 0 Å². The molecule has 32 heavy (non-hydrogen) atoms. The van der Waals surface area contributed by atoms with Crippen molar-refractivity contribution in [2.45, 2.75) is 6.92 Å². The normalized spacial score (nSPS) is 9.25. The molecule has 5 rings (SSSR count). The van der Waals surface area contributed by atoms with Gasteiger partial charge in [0.15, 0.2) is 0 Å². The van der Waals surface area contributed by atoms with Crippen molar-refractivity contribution in [3.8, 4) is 11.5 Å². The molecule has 6 heteroatoms. The molecule has 0 saturated heterocycles. The number of hydrogen-bond acceptors (Lipinski definition) is 3. The van der Waals surface area contributed by atoms with Gasteiger partial charge < -0.3 is 10.2 Å². The summed E-state index contributed by atoms with van der Waals surface area (Å²) in [5.41, 5.74) is 1.34. The quantitative estimate of drug-likeness (QED) is 0.223. The number of rotatable bonds is 1. The van der Waals surface area contributed by atoms with Gasteiger partial charge in [-0.2, -0.15) is 0 Å². The Balaban J connectivity index is 0.000000236. The van der Waals surface area contributed by atoms with E-state index in [1.807, 2.05) is 72.8 Å². The standard InChI is InChI=1S/2C10H8O.C6H6S.2ClH.Ti/c2*11-10-7-3-5-8-4-1-2-6-9(8)10;1-5-3-6(2)7-4-5;;;/h2*1-7,11H;1,3-4H,2H3;2*1H;. The van der Waals surface area contributed by atoms with Crippen LogP contribution in [0, 0.1) is 6.92 Å². The number of aryl methyl sites for hydroxylation is 1. The Bertz CT molecular complexity index is 1180. The molecule has 0 aliphatic heterocycles. The second-order valence-corrected chi connectivity index (χ2v) is 8.20. The molecule has 4 aromatic carbocycles. The van der Waals surface area contributed by atoms with E-state index in [4.69, 9.17) is 0 Å². The fourth-order valence-corrected chi connectivity index (χ4v) is 4.07. The topological polar surface area (TPSA) is 40.5 Å². The maximum atomic E-state index is 9.37. The molecule has 0 aliphatic carbocycles. The molecule has 0 amide bonds. The van der Waals surface area contributed by atoms with Crippen LogP contribution in [0.5, 0.6) is 11.5 Å². The summed E-state index contributed by atoms with van der Waals surface area (Å²) in [5.74, 6) is 0.700. The first-order valence-electron chi connectivity index (χ1n) is 9.47. The predicted molar refractivity (Wildman–Crippen MR) is 140 cm³/mol. The second kappa shape index (κ2) is 14.1. The van der Waals surface area contributed by atoms with Crippen LogP contribution in [-0.4, -0.2) is 14.5 Å². The summed E-state index contributed by atoms with van der Waals surface area (Å²) in [6.07, 6.45) is 0. The van der Waals surface area contributed by atoms with Crippen LogP contribution in [0.1, 0.15) is 10.4 Å². The van der Waals surface area contributed by atoms with Crippen molar-refractivity contribution < 1.29 is 30.2 Å². The van der Waals surface area contributed by atoms with Gasteiger partial charge in [0.25, 0.3) is 0 Å². The van der Waals surface area contributed by atoms with E-state index in [1.165, 1.54) is 10.4 Å². The number of hydrogen-bond donors (Lipinski definition) is 2. The molecule has 1 aromatic heterocycles. The van der Waals surface area contributed by atoms with Crippen LogP contribution < -0.4 is 0 Å². The van der Waals surface area contributed by atoms with Crippen molar-refractivity contribution in [2.24, 2.45) is 0 Å². The smallest absolute Gasteiger partial charge is 0.123 e. The molecule has 0 radical (unpaired) electrons. The fraction of sp³-hybridized carbons (Fsp3) is 0.0385. The Morgan fingerprint density at radius 3 is 1.47 bits per heavy atom. The van der Waals surface area contributed by atoms with Gasteiger partial charge in [-0.25, -0.2) is 0 Å². The van der Waals surface area contributed by atoms with Crippen LogP contribution in [-0.2, 0) is 20.0 Å². The van der Waals surface area contributed by atoms with Crippen LogP contribution in [0.3, 0.4) is 0 Å². The summed E-state index contributed by atoms with van der Waals surface area (Å²) in [6.45, 7) is 2.12. The largest absolute Gasteiger partial charge is 0.507 e. The molecule has 0 spiro atoms. The molecule has 2 nitrogen and oxygen atoms in total.